The number of anilines is 2. The highest BCUT2D eigenvalue weighted by molar-refractivity contribution is 6.08. The number of furan rings is 1. The molecule has 3 aromatic carbocycles. The molecule has 5 heteroatoms. The molecule has 0 spiro atoms. The van der Waals surface area contributed by atoms with Crippen molar-refractivity contribution in [2.75, 3.05) is 17.7 Å². The molecule has 1 atom stereocenters. The van der Waals surface area contributed by atoms with Crippen molar-refractivity contribution in [2.45, 2.75) is 13.0 Å². The third kappa shape index (κ3) is 3.31. The van der Waals surface area contributed by atoms with Crippen LogP contribution in [0.25, 0.3) is 21.9 Å². The number of nitrogens with one attached hydrogen (secondary N) is 2. The second kappa shape index (κ2) is 7.03. The lowest BCUT2D eigenvalue weighted by atomic mass is 10.1. The molecule has 1 heterocycles. The number of carbonyl (C=O) groups excluding carboxylic acids is 1. The maximum absolute atomic E-state index is 12.6. The number of hydrogen-bond acceptors (Lipinski definition) is 4. The average molecular weight is 360 g/mol. The maximum atomic E-state index is 12.6. The van der Waals surface area contributed by atoms with Crippen LogP contribution in [0.2, 0.25) is 0 Å². The molecule has 0 unspecified atom stereocenters. The van der Waals surface area contributed by atoms with Crippen LogP contribution in [0.4, 0.5) is 11.4 Å². The van der Waals surface area contributed by atoms with Crippen molar-refractivity contribution >= 4 is 39.2 Å². The van der Waals surface area contributed by atoms with Gasteiger partial charge >= 0.3 is 0 Å². The first-order valence-electron chi connectivity index (χ1n) is 8.77. The van der Waals surface area contributed by atoms with Gasteiger partial charge in [0, 0.05) is 22.5 Å². The zero-order valence-electron chi connectivity index (χ0n) is 15.2. The van der Waals surface area contributed by atoms with E-state index in [9.17, 15) is 4.79 Å². The van der Waals surface area contributed by atoms with Crippen molar-refractivity contribution in [3.63, 3.8) is 0 Å². The molecule has 1 amide bonds. The molecule has 0 fully saturated rings. The Morgan fingerprint density at radius 1 is 0.963 bits per heavy atom. The smallest absolute Gasteiger partial charge is 0.246 e. The standard InChI is InChI=1S/C22H20N2O3/c1-14(23-15-8-4-3-5-9-15)22(25)24-18-13-20-17(12-21(18)26-2)16-10-6-7-11-19(16)27-20/h3-14,23H,1-2H3,(H,24,25)/t14-/m0/s1. The third-order valence-corrected chi connectivity index (χ3v) is 4.51. The number of carbonyl (C=O) groups is 1. The molecular weight excluding hydrogens is 340 g/mol. The van der Waals surface area contributed by atoms with Gasteiger partial charge in [-0.05, 0) is 31.2 Å². The average Bonchev–Trinajstić information content (AvgIpc) is 3.05. The SMILES string of the molecule is COc1cc2c(cc1NC(=O)[C@H](C)Nc1ccccc1)oc1ccccc12. The van der Waals surface area contributed by atoms with E-state index in [0.29, 0.717) is 17.0 Å². The van der Waals surface area contributed by atoms with Gasteiger partial charge in [0.05, 0.1) is 12.8 Å². The van der Waals surface area contributed by atoms with Gasteiger partial charge in [-0.15, -0.1) is 0 Å². The van der Waals surface area contributed by atoms with E-state index in [0.717, 1.165) is 22.0 Å². The van der Waals surface area contributed by atoms with Gasteiger partial charge in [0.15, 0.2) is 0 Å². The Morgan fingerprint density at radius 3 is 2.48 bits per heavy atom. The summed E-state index contributed by atoms with van der Waals surface area (Å²) in [6.45, 7) is 1.81. The highest BCUT2D eigenvalue weighted by atomic mass is 16.5. The molecule has 0 aliphatic rings. The van der Waals surface area contributed by atoms with Gasteiger partial charge in [-0.2, -0.15) is 0 Å². The van der Waals surface area contributed by atoms with E-state index in [1.165, 1.54) is 0 Å². The van der Waals surface area contributed by atoms with Crippen LogP contribution in [0, 0.1) is 0 Å². The predicted molar refractivity (Wildman–Crippen MR) is 108 cm³/mol. The van der Waals surface area contributed by atoms with Crippen molar-refractivity contribution in [1.82, 2.24) is 0 Å². The molecule has 27 heavy (non-hydrogen) atoms. The fraction of sp³-hybridized carbons (Fsp3) is 0.136. The van der Waals surface area contributed by atoms with Gasteiger partial charge in [0.25, 0.3) is 0 Å². The predicted octanol–water partition coefficient (Wildman–Crippen LogP) is 5.03. The van der Waals surface area contributed by atoms with Crippen LogP contribution in [-0.2, 0) is 4.79 Å². The second-order valence-electron chi connectivity index (χ2n) is 6.37. The summed E-state index contributed by atoms with van der Waals surface area (Å²) >= 11 is 0. The lowest BCUT2D eigenvalue weighted by Gasteiger charge is -2.16. The molecule has 0 saturated carbocycles. The van der Waals surface area contributed by atoms with E-state index in [1.54, 1.807) is 13.2 Å². The Morgan fingerprint density at radius 2 is 1.70 bits per heavy atom. The summed E-state index contributed by atoms with van der Waals surface area (Å²) in [7, 11) is 1.59. The lowest BCUT2D eigenvalue weighted by Crippen LogP contribution is -2.31. The second-order valence-corrected chi connectivity index (χ2v) is 6.37. The van der Waals surface area contributed by atoms with E-state index >= 15 is 0 Å². The zero-order chi connectivity index (χ0) is 18.8. The first kappa shape index (κ1) is 17.0. The molecule has 0 bridgehead atoms. The van der Waals surface area contributed by atoms with Crippen LogP contribution < -0.4 is 15.4 Å². The molecule has 0 aliphatic heterocycles. The number of ether oxygens (including phenoxy) is 1. The third-order valence-electron chi connectivity index (χ3n) is 4.51. The van der Waals surface area contributed by atoms with E-state index in [-0.39, 0.29) is 5.91 Å². The van der Waals surface area contributed by atoms with Gasteiger partial charge in [-0.25, -0.2) is 0 Å². The topological polar surface area (TPSA) is 63.5 Å². The molecule has 1 aromatic heterocycles. The molecular formula is C22H20N2O3. The number of methoxy groups -OCH3 is 1. The number of para-hydroxylation sites is 2. The minimum Gasteiger partial charge on any atom is -0.495 e. The molecule has 0 aliphatic carbocycles. The minimum absolute atomic E-state index is 0.160. The fourth-order valence-electron chi connectivity index (χ4n) is 3.11. The fourth-order valence-corrected chi connectivity index (χ4v) is 3.11. The highest BCUT2D eigenvalue weighted by Crippen LogP contribution is 2.36. The van der Waals surface area contributed by atoms with Crippen molar-refractivity contribution < 1.29 is 13.9 Å². The van der Waals surface area contributed by atoms with Gasteiger partial charge in [-0.3, -0.25) is 4.79 Å². The Bertz CT molecular complexity index is 1100. The van der Waals surface area contributed by atoms with Crippen molar-refractivity contribution in [3.05, 3.63) is 66.7 Å². The van der Waals surface area contributed by atoms with Crippen molar-refractivity contribution in [1.29, 1.82) is 0 Å². The molecule has 136 valence electrons. The van der Waals surface area contributed by atoms with Gasteiger partial charge in [-0.1, -0.05) is 36.4 Å². The number of fused-ring (bicyclic) bond motifs is 3. The summed E-state index contributed by atoms with van der Waals surface area (Å²) < 4.78 is 11.4. The minimum atomic E-state index is -0.413. The first-order chi connectivity index (χ1) is 13.2. The Hall–Kier alpha value is -3.47. The highest BCUT2D eigenvalue weighted by Gasteiger charge is 2.17. The van der Waals surface area contributed by atoms with Crippen LogP contribution >= 0.6 is 0 Å². The first-order valence-corrected chi connectivity index (χ1v) is 8.77. The van der Waals surface area contributed by atoms with Crippen LogP contribution in [-0.4, -0.2) is 19.1 Å². The molecule has 0 radical (unpaired) electrons. The normalized spacial score (nSPS) is 12.1. The van der Waals surface area contributed by atoms with E-state index in [1.807, 2.05) is 67.6 Å². The Labute approximate surface area is 156 Å². The Balaban J connectivity index is 1.62. The Kier molecular flexibility index (Phi) is 4.42. The number of benzene rings is 3. The number of rotatable bonds is 5. The van der Waals surface area contributed by atoms with Crippen molar-refractivity contribution in [2.24, 2.45) is 0 Å². The van der Waals surface area contributed by atoms with E-state index in [4.69, 9.17) is 9.15 Å². The zero-order valence-corrected chi connectivity index (χ0v) is 15.2. The van der Waals surface area contributed by atoms with Gasteiger partial charge < -0.3 is 19.8 Å². The molecule has 0 saturated heterocycles. The summed E-state index contributed by atoms with van der Waals surface area (Å²) in [4.78, 5) is 12.6. The van der Waals surface area contributed by atoms with Crippen LogP contribution in [0.5, 0.6) is 5.75 Å². The summed E-state index contributed by atoms with van der Waals surface area (Å²) in [6.07, 6.45) is 0. The van der Waals surface area contributed by atoms with Gasteiger partial charge in [0.2, 0.25) is 5.91 Å². The number of hydrogen-bond donors (Lipinski definition) is 2. The summed E-state index contributed by atoms with van der Waals surface area (Å²) in [6, 6.07) is 20.7. The largest absolute Gasteiger partial charge is 0.495 e. The summed E-state index contributed by atoms with van der Waals surface area (Å²) in [5, 5.41) is 8.08. The lowest BCUT2D eigenvalue weighted by molar-refractivity contribution is -0.116. The van der Waals surface area contributed by atoms with E-state index in [2.05, 4.69) is 10.6 Å². The summed E-state index contributed by atoms with van der Waals surface area (Å²) in [5.74, 6) is 0.432. The summed E-state index contributed by atoms with van der Waals surface area (Å²) in [5.41, 5.74) is 2.98. The molecule has 4 rings (SSSR count). The van der Waals surface area contributed by atoms with Crippen LogP contribution in [0.3, 0.4) is 0 Å². The quantitative estimate of drug-likeness (QED) is 0.524. The monoisotopic (exact) mass is 360 g/mol. The number of amides is 1. The molecule has 5 nitrogen and oxygen atoms in total. The van der Waals surface area contributed by atoms with Crippen LogP contribution in [0.15, 0.2) is 71.1 Å². The van der Waals surface area contributed by atoms with Crippen LogP contribution in [0.1, 0.15) is 6.92 Å². The van der Waals surface area contributed by atoms with Gasteiger partial charge in [0.1, 0.15) is 23.0 Å². The molecule has 4 aromatic rings. The maximum Gasteiger partial charge on any atom is 0.246 e. The molecule has 2 N–H and O–H groups in total. The van der Waals surface area contributed by atoms with Crippen molar-refractivity contribution in [3.8, 4) is 5.75 Å². The van der Waals surface area contributed by atoms with E-state index < -0.39 is 6.04 Å².